The Bertz CT molecular complexity index is 1030. The van der Waals surface area contributed by atoms with Gasteiger partial charge in [0, 0.05) is 11.8 Å². The standard InChI is InChI=1S/C13H9N5OS3/c14-11-16-17-13(22-11)20-6-7-5-10(19)18-8-3-1-2-4-9(8)21-12(18)15-7/h1-5H,6H2,(H2,14,16). The first-order valence-corrected chi connectivity index (χ1v) is 8.94. The average molecular weight is 347 g/mol. The molecule has 0 unspecified atom stereocenters. The summed E-state index contributed by atoms with van der Waals surface area (Å²) in [5.74, 6) is 0.564. The topological polar surface area (TPSA) is 86.2 Å². The van der Waals surface area contributed by atoms with Crippen molar-refractivity contribution in [1.82, 2.24) is 19.6 Å². The summed E-state index contributed by atoms with van der Waals surface area (Å²) in [5.41, 5.74) is 7.12. The van der Waals surface area contributed by atoms with E-state index in [-0.39, 0.29) is 5.56 Å². The van der Waals surface area contributed by atoms with E-state index in [9.17, 15) is 4.79 Å². The van der Waals surface area contributed by atoms with Gasteiger partial charge >= 0.3 is 0 Å². The second kappa shape index (κ2) is 5.34. The summed E-state index contributed by atoms with van der Waals surface area (Å²) in [5, 5.41) is 8.16. The molecule has 4 aromatic rings. The SMILES string of the molecule is Nc1nnc(SCc2cc(=O)n3c(n2)sc2ccccc23)s1. The Morgan fingerprint density at radius 3 is 2.91 bits per heavy atom. The van der Waals surface area contributed by atoms with E-state index in [1.807, 2.05) is 24.3 Å². The molecule has 3 aromatic heterocycles. The second-order valence-electron chi connectivity index (χ2n) is 4.47. The number of hydrogen-bond acceptors (Lipinski definition) is 8. The number of thiazole rings is 1. The van der Waals surface area contributed by atoms with Gasteiger partial charge < -0.3 is 5.73 Å². The van der Waals surface area contributed by atoms with Crippen LogP contribution in [0, 0.1) is 0 Å². The number of aromatic nitrogens is 4. The molecule has 4 rings (SSSR count). The average Bonchev–Trinajstić information content (AvgIpc) is 3.08. The van der Waals surface area contributed by atoms with Gasteiger partial charge in [0.1, 0.15) is 0 Å². The van der Waals surface area contributed by atoms with Crippen LogP contribution in [-0.2, 0) is 5.75 Å². The minimum atomic E-state index is -0.0603. The predicted molar refractivity (Wildman–Crippen MR) is 90.7 cm³/mol. The summed E-state index contributed by atoms with van der Waals surface area (Å²) in [6, 6.07) is 9.38. The van der Waals surface area contributed by atoms with Crippen LogP contribution in [0.15, 0.2) is 39.5 Å². The molecule has 0 bridgehead atoms. The number of hydrogen-bond donors (Lipinski definition) is 1. The van der Waals surface area contributed by atoms with Crippen molar-refractivity contribution in [2.75, 3.05) is 5.73 Å². The van der Waals surface area contributed by atoms with E-state index in [1.54, 1.807) is 10.5 Å². The van der Waals surface area contributed by atoms with Crippen molar-refractivity contribution in [3.05, 3.63) is 46.4 Å². The number of nitrogens with zero attached hydrogens (tertiary/aromatic N) is 4. The fourth-order valence-electron chi connectivity index (χ4n) is 2.11. The Balaban J connectivity index is 1.73. The van der Waals surface area contributed by atoms with Crippen LogP contribution in [0.3, 0.4) is 0 Å². The minimum Gasteiger partial charge on any atom is -0.374 e. The lowest BCUT2D eigenvalue weighted by Crippen LogP contribution is -2.13. The highest BCUT2D eigenvalue weighted by Crippen LogP contribution is 2.27. The van der Waals surface area contributed by atoms with E-state index < -0.39 is 0 Å². The number of anilines is 1. The van der Waals surface area contributed by atoms with Gasteiger partial charge in [-0.15, -0.1) is 10.2 Å². The molecule has 9 heteroatoms. The molecule has 0 amide bonds. The molecule has 0 saturated carbocycles. The molecular formula is C13H9N5OS3. The lowest BCUT2D eigenvalue weighted by Gasteiger charge is -1.99. The fourth-order valence-corrected chi connectivity index (χ4v) is 4.69. The molecule has 22 heavy (non-hydrogen) atoms. The Hall–Kier alpha value is -1.97. The number of nitrogens with two attached hydrogens (primary N) is 1. The molecule has 0 saturated heterocycles. The minimum absolute atomic E-state index is 0.0603. The molecule has 2 N–H and O–H groups in total. The van der Waals surface area contributed by atoms with Crippen molar-refractivity contribution in [2.24, 2.45) is 0 Å². The molecular weight excluding hydrogens is 338 g/mol. The highest BCUT2D eigenvalue weighted by molar-refractivity contribution is 8.00. The number of thioether (sulfide) groups is 1. The second-order valence-corrected chi connectivity index (χ2v) is 7.71. The molecule has 3 heterocycles. The predicted octanol–water partition coefficient (Wildman–Crippen LogP) is 2.64. The molecule has 0 fully saturated rings. The lowest BCUT2D eigenvalue weighted by molar-refractivity contribution is 1.01. The summed E-state index contributed by atoms with van der Waals surface area (Å²) in [6.45, 7) is 0. The highest BCUT2D eigenvalue weighted by atomic mass is 32.2. The van der Waals surface area contributed by atoms with Gasteiger partial charge in [0.15, 0.2) is 9.30 Å². The van der Waals surface area contributed by atoms with Crippen LogP contribution >= 0.6 is 34.4 Å². The zero-order valence-electron chi connectivity index (χ0n) is 11.1. The van der Waals surface area contributed by atoms with Gasteiger partial charge in [-0.05, 0) is 12.1 Å². The zero-order valence-corrected chi connectivity index (χ0v) is 13.5. The van der Waals surface area contributed by atoms with Crippen LogP contribution in [-0.4, -0.2) is 19.6 Å². The van der Waals surface area contributed by atoms with E-state index in [1.165, 1.54) is 34.4 Å². The number of para-hydroxylation sites is 1. The van der Waals surface area contributed by atoms with Crippen LogP contribution in [0.5, 0.6) is 0 Å². The first-order chi connectivity index (χ1) is 10.7. The largest absolute Gasteiger partial charge is 0.374 e. The summed E-state index contributed by atoms with van der Waals surface area (Å²) in [7, 11) is 0. The van der Waals surface area contributed by atoms with E-state index in [0.717, 1.165) is 20.3 Å². The summed E-state index contributed by atoms with van der Waals surface area (Å²) in [6.07, 6.45) is 0. The summed E-state index contributed by atoms with van der Waals surface area (Å²) < 4.78 is 3.47. The maximum absolute atomic E-state index is 12.4. The van der Waals surface area contributed by atoms with Gasteiger partial charge in [0.25, 0.3) is 5.56 Å². The first-order valence-electron chi connectivity index (χ1n) is 6.33. The quantitative estimate of drug-likeness (QED) is 0.573. The molecule has 0 spiro atoms. The number of nitrogen functional groups attached to an aromatic ring is 1. The van der Waals surface area contributed by atoms with Crippen molar-refractivity contribution in [1.29, 1.82) is 0 Å². The Morgan fingerprint density at radius 1 is 1.23 bits per heavy atom. The third-order valence-electron chi connectivity index (χ3n) is 3.01. The van der Waals surface area contributed by atoms with Crippen molar-refractivity contribution in [3.63, 3.8) is 0 Å². The van der Waals surface area contributed by atoms with Gasteiger partial charge in [0.2, 0.25) is 5.13 Å². The highest BCUT2D eigenvalue weighted by Gasteiger charge is 2.10. The maximum atomic E-state index is 12.4. The third-order valence-corrected chi connectivity index (χ3v) is 5.95. The van der Waals surface area contributed by atoms with E-state index in [4.69, 9.17) is 5.73 Å². The van der Waals surface area contributed by atoms with Crippen molar-refractivity contribution >= 4 is 54.7 Å². The van der Waals surface area contributed by atoms with Crippen LogP contribution in [0.1, 0.15) is 5.69 Å². The Labute approximate surface area is 136 Å². The summed E-state index contributed by atoms with van der Waals surface area (Å²) >= 11 is 4.32. The van der Waals surface area contributed by atoms with Gasteiger partial charge in [-0.1, -0.05) is 46.6 Å². The molecule has 0 radical (unpaired) electrons. The molecule has 110 valence electrons. The monoisotopic (exact) mass is 347 g/mol. The van der Waals surface area contributed by atoms with E-state index in [2.05, 4.69) is 15.2 Å². The van der Waals surface area contributed by atoms with Gasteiger partial charge in [0.05, 0.1) is 15.9 Å². The van der Waals surface area contributed by atoms with Crippen LogP contribution in [0.4, 0.5) is 5.13 Å². The maximum Gasteiger partial charge on any atom is 0.259 e. The number of rotatable bonds is 3. The number of fused-ring (bicyclic) bond motifs is 3. The molecule has 0 aliphatic rings. The molecule has 0 atom stereocenters. The molecule has 6 nitrogen and oxygen atoms in total. The Kier molecular flexibility index (Phi) is 3.32. The van der Waals surface area contributed by atoms with E-state index >= 15 is 0 Å². The lowest BCUT2D eigenvalue weighted by atomic mass is 10.3. The van der Waals surface area contributed by atoms with Gasteiger partial charge in [-0.25, -0.2) is 4.98 Å². The third kappa shape index (κ3) is 2.36. The number of benzene rings is 1. The smallest absolute Gasteiger partial charge is 0.259 e. The van der Waals surface area contributed by atoms with Crippen molar-refractivity contribution < 1.29 is 0 Å². The Morgan fingerprint density at radius 2 is 2.09 bits per heavy atom. The van der Waals surface area contributed by atoms with E-state index in [0.29, 0.717) is 15.8 Å². The van der Waals surface area contributed by atoms with Crippen molar-refractivity contribution in [3.8, 4) is 0 Å². The molecule has 1 aromatic carbocycles. The van der Waals surface area contributed by atoms with Crippen LogP contribution < -0.4 is 11.3 Å². The fraction of sp³-hybridized carbons (Fsp3) is 0.0769. The zero-order chi connectivity index (χ0) is 15.1. The summed E-state index contributed by atoms with van der Waals surface area (Å²) in [4.78, 5) is 17.7. The molecule has 0 aliphatic carbocycles. The normalized spacial score (nSPS) is 11.5. The molecule has 0 aliphatic heterocycles. The van der Waals surface area contributed by atoms with Crippen LogP contribution in [0.2, 0.25) is 0 Å². The van der Waals surface area contributed by atoms with Crippen LogP contribution in [0.25, 0.3) is 15.2 Å². The van der Waals surface area contributed by atoms with Gasteiger partial charge in [-0.3, -0.25) is 9.20 Å². The van der Waals surface area contributed by atoms with Gasteiger partial charge in [-0.2, -0.15) is 0 Å². The van der Waals surface area contributed by atoms with Crippen molar-refractivity contribution in [2.45, 2.75) is 10.1 Å². The first kappa shape index (κ1) is 13.7.